The summed E-state index contributed by atoms with van der Waals surface area (Å²) >= 11 is 7.55. The van der Waals surface area contributed by atoms with E-state index < -0.39 is 0 Å². The third-order valence-corrected chi connectivity index (χ3v) is 3.57. The van der Waals surface area contributed by atoms with Crippen LogP contribution in [0.2, 0.25) is 4.34 Å². The Balaban J connectivity index is 2.21. The molecule has 0 bridgehead atoms. The van der Waals surface area contributed by atoms with Crippen LogP contribution in [-0.4, -0.2) is 16.5 Å². The molecule has 16 heavy (non-hydrogen) atoms. The number of nitrogens with zero attached hydrogens (tertiary/aromatic N) is 1. The van der Waals surface area contributed by atoms with Crippen LogP contribution < -0.4 is 5.32 Å². The average molecular weight is 256 g/mol. The van der Waals surface area contributed by atoms with E-state index in [1.165, 1.54) is 4.88 Å². The number of thiophene rings is 1. The first-order valence-electron chi connectivity index (χ1n) is 5.29. The largest absolute Gasteiger partial charge is 0.347 e. The number of hydrogen-bond acceptors (Lipinski definition) is 3. The van der Waals surface area contributed by atoms with Crippen molar-refractivity contribution in [1.29, 1.82) is 0 Å². The minimum Gasteiger partial charge on any atom is -0.347 e. The molecule has 2 aromatic heterocycles. The van der Waals surface area contributed by atoms with E-state index in [-0.39, 0.29) is 6.04 Å². The molecule has 2 heterocycles. The zero-order chi connectivity index (χ0) is 11.4. The number of nitrogens with one attached hydrogen (secondary N) is 2. The van der Waals surface area contributed by atoms with E-state index in [0.29, 0.717) is 0 Å². The first kappa shape index (κ1) is 11.6. The second-order valence-corrected chi connectivity index (χ2v) is 5.25. The number of hydrogen-bond donors (Lipinski definition) is 2. The van der Waals surface area contributed by atoms with Crippen molar-refractivity contribution in [2.75, 3.05) is 6.54 Å². The molecule has 0 saturated carbocycles. The van der Waals surface area contributed by atoms with Gasteiger partial charge in [-0.05, 0) is 25.1 Å². The molecule has 5 heteroatoms. The lowest BCUT2D eigenvalue weighted by molar-refractivity contribution is 0.584. The van der Waals surface area contributed by atoms with Crippen LogP contribution in [-0.2, 0) is 0 Å². The molecule has 0 aromatic carbocycles. The van der Waals surface area contributed by atoms with Gasteiger partial charge >= 0.3 is 0 Å². The molecule has 0 aliphatic rings. The summed E-state index contributed by atoms with van der Waals surface area (Å²) in [6.45, 7) is 3.11. The highest BCUT2D eigenvalue weighted by molar-refractivity contribution is 7.16. The van der Waals surface area contributed by atoms with Gasteiger partial charge in [0.1, 0.15) is 11.9 Å². The summed E-state index contributed by atoms with van der Waals surface area (Å²) < 4.78 is 0.810. The van der Waals surface area contributed by atoms with Gasteiger partial charge in [-0.2, -0.15) is 0 Å². The summed E-state index contributed by atoms with van der Waals surface area (Å²) in [6, 6.07) is 4.08. The monoisotopic (exact) mass is 255 g/mol. The summed E-state index contributed by atoms with van der Waals surface area (Å²) in [5.41, 5.74) is 0. The molecule has 0 aliphatic heterocycles. The zero-order valence-corrected chi connectivity index (χ0v) is 10.6. The molecule has 3 nitrogen and oxygen atoms in total. The third kappa shape index (κ3) is 2.64. The zero-order valence-electron chi connectivity index (χ0n) is 9.03. The molecule has 0 amide bonds. The number of aromatic nitrogens is 2. The Morgan fingerprint density at radius 1 is 1.56 bits per heavy atom. The molecule has 0 aliphatic carbocycles. The van der Waals surface area contributed by atoms with Crippen LogP contribution in [0.4, 0.5) is 0 Å². The Labute approximate surface area is 104 Å². The Hall–Kier alpha value is -0.840. The molecule has 2 N–H and O–H groups in total. The quantitative estimate of drug-likeness (QED) is 0.861. The normalized spacial score (nSPS) is 12.9. The predicted molar refractivity (Wildman–Crippen MR) is 68.1 cm³/mol. The Bertz CT molecular complexity index is 424. The fourth-order valence-electron chi connectivity index (χ4n) is 1.54. The van der Waals surface area contributed by atoms with Crippen molar-refractivity contribution in [3.05, 3.63) is 39.6 Å². The van der Waals surface area contributed by atoms with Gasteiger partial charge in [0.05, 0.1) is 4.34 Å². The highest BCUT2D eigenvalue weighted by atomic mass is 35.5. The molecular weight excluding hydrogens is 242 g/mol. The Kier molecular flexibility index (Phi) is 3.98. The van der Waals surface area contributed by atoms with Gasteiger partial charge in [-0.25, -0.2) is 4.98 Å². The van der Waals surface area contributed by atoms with Crippen LogP contribution in [0.5, 0.6) is 0 Å². The van der Waals surface area contributed by atoms with Crippen molar-refractivity contribution in [3.63, 3.8) is 0 Å². The first-order valence-corrected chi connectivity index (χ1v) is 6.48. The lowest BCUT2D eigenvalue weighted by atomic mass is 10.2. The average Bonchev–Trinajstić information content (AvgIpc) is 2.91. The Morgan fingerprint density at radius 3 is 3.00 bits per heavy atom. The predicted octanol–water partition coefficient (Wildman–Crippen LogP) is 3.21. The first-order chi connectivity index (χ1) is 7.81. The van der Waals surface area contributed by atoms with Crippen LogP contribution in [0.15, 0.2) is 24.5 Å². The van der Waals surface area contributed by atoms with Crippen molar-refractivity contribution in [2.24, 2.45) is 0 Å². The number of rotatable bonds is 5. The maximum absolute atomic E-state index is 5.96. The van der Waals surface area contributed by atoms with Crippen LogP contribution in [0.3, 0.4) is 0 Å². The van der Waals surface area contributed by atoms with Gasteiger partial charge < -0.3 is 10.3 Å². The fourth-order valence-corrected chi connectivity index (χ4v) is 2.68. The third-order valence-electron chi connectivity index (χ3n) is 2.27. The van der Waals surface area contributed by atoms with Crippen molar-refractivity contribution >= 4 is 22.9 Å². The summed E-state index contributed by atoms with van der Waals surface area (Å²) in [5, 5.41) is 3.46. The molecule has 0 spiro atoms. The SMILES string of the molecule is CCCNC(c1ncc[nH]1)c1ccc(Cl)s1. The molecule has 1 unspecified atom stereocenters. The van der Waals surface area contributed by atoms with Crippen molar-refractivity contribution in [2.45, 2.75) is 19.4 Å². The van der Waals surface area contributed by atoms with E-state index in [1.807, 2.05) is 18.3 Å². The van der Waals surface area contributed by atoms with E-state index in [2.05, 4.69) is 22.2 Å². The van der Waals surface area contributed by atoms with Gasteiger partial charge in [0, 0.05) is 17.3 Å². The summed E-state index contributed by atoms with van der Waals surface area (Å²) in [5.74, 6) is 0.937. The van der Waals surface area contributed by atoms with Crippen LogP contribution in [0.1, 0.15) is 30.1 Å². The molecular formula is C11H14ClN3S. The second kappa shape index (κ2) is 5.48. The maximum Gasteiger partial charge on any atom is 0.128 e. The van der Waals surface area contributed by atoms with E-state index in [4.69, 9.17) is 11.6 Å². The molecule has 1 atom stereocenters. The van der Waals surface area contributed by atoms with Crippen LogP contribution in [0.25, 0.3) is 0 Å². The second-order valence-electron chi connectivity index (χ2n) is 3.50. The lowest BCUT2D eigenvalue weighted by Crippen LogP contribution is -2.23. The van der Waals surface area contributed by atoms with Crippen molar-refractivity contribution in [1.82, 2.24) is 15.3 Å². The number of aromatic amines is 1. The molecule has 86 valence electrons. The number of imidazole rings is 1. The van der Waals surface area contributed by atoms with Crippen LogP contribution in [0, 0.1) is 0 Å². The highest BCUT2D eigenvalue weighted by Crippen LogP contribution is 2.29. The van der Waals surface area contributed by atoms with E-state index in [0.717, 1.165) is 23.1 Å². The Morgan fingerprint density at radius 2 is 2.44 bits per heavy atom. The van der Waals surface area contributed by atoms with Crippen molar-refractivity contribution < 1.29 is 0 Å². The summed E-state index contributed by atoms with van der Waals surface area (Å²) in [4.78, 5) is 8.63. The topological polar surface area (TPSA) is 40.7 Å². The highest BCUT2D eigenvalue weighted by Gasteiger charge is 2.17. The molecule has 2 rings (SSSR count). The minimum atomic E-state index is 0.118. The standard InChI is InChI=1S/C11H14ClN3S/c1-2-5-13-10(11-14-6-7-15-11)8-3-4-9(12)16-8/h3-4,6-7,10,13H,2,5H2,1H3,(H,14,15). The van der Waals surface area contributed by atoms with E-state index in [1.54, 1.807) is 17.5 Å². The number of halogens is 1. The number of H-pyrrole nitrogens is 1. The van der Waals surface area contributed by atoms with Gasteiger partial charge in [0.25, 0.3) is 0 Å². The molecule has 2 aromatic rings. The van der Waals surface area contributed by atoms with Gasteiger partial charge in [0.15, 0.2) is 0 Å². The van der Waals surface area contributed by atoms with Crippen LogP contribution >= 0.6 is 22.9 Å². The van der Waals surface area contributed by atoms with Gasteiger partial charge in [-0.1, -0.05) is 18.5 Å². The smallest absolute Gasteiger partial charge is 0.128 e. The van der Waals surface area contributed by atoms with Gasteiger partial charge in [-0.3, -0.25) is 0 Å². The molecule has 0 radical (unpaired) electrons. The molecule has 0 saturated heterocycles. The fraction of sp³-hybridized carbons (Fsp3) is 0.364. The van der Waals surface area contributed by atoms with E-state index in [9.17, 15) is 0 Å². The summed E-state index contributed by atoms with van der Waals surface area (Å²) in [6.07, 6.45) is 4.70. The van der Waals surface area contributed by atoms with Crippen molar-refractivity contribution in [3.8, 4) is 0 Å². The van der Waals surface area contributed by atoms with Gasteiger partial charge in [0.2, 0.25) is 0 Å². The van der Waals surface area contributed by atoms with E-state index >= 15 is 0 Å². The summed E-state index contributed by atoms with van der Waals surface area (Å²) in [7, 11) is 0. The maximum atomic E-state index is 5.96. The molecule has 0 fully saturated rings. The van der Waals surface area contributed by atoms with Gasteiger partial charge in [-0.15, -0.1) is 11.3 Å². The minimum absolute atomic E-state index is 0.118. The lowest BCUT2D eigenvalue weighted by Gasteiger charge is -2.14.